The number of nitrogens with zero attached hydrogens (tertiary/aromatic N) is 5. The normalized spacial score (nSPS) is 11.1. The van der Waals surface area contributed by atoms with Crippen molar-refractivity contribution >= 4 is 37.5 Å². The zero-order valence-corrected chi connectivity index (χ0v) is 11.1. The number of fused-ring (bicyclic) bond motifs is 1. The summed E-state index contributed by atoms with van der Waals surface area (Å²) in [4.78, 5) is 8.62. The highest BCUT2D eigenvalue weighted by molar-refractivity contribution is 9.10. The van der Waals surface area contributed by atoms with Crippen LogP contribution in [0.5, 0.6) is 0 Å². The fourth-order valence-electron chi connectivity index (χ4n) is 1.46. The lowest BCUT2D eigenvalue weighted by Crippen LogP contribution is -2.02. The smallest absolute Gasteiger partial charge is 0.198 e. The van der Waals surface area contributed by atoms with Crippen LogP contribution >= 0.6 is 31.9 Å². The molecule has 3 rings (SSSR count). The molecule has 0 amide bonds. The van der Waals surface area contributed by atoms with Crippen LogP contribution < -0.4 is 0 Å². The van der Waals surface area contributed by atoms with Crippen LogP contribution in [0.3, 0.4) is 0 Å². The molecule has 0 aliphatic carbocycles. The third-order valence-electron chi connectivity index (χ3n) is 2.10. The van der Waals surface area contributed by atoms with Crippen molar-refractivity contribution in [3.63, 3.8) is 0 Å². The molecule has 80 valence electrons. The SMILES string of the molecule is Brc1cnn(-c2nc(Br)cn3ccnc23)c1. The molecule has 3 aromatic heterocycles. The molecule has 0 fully saturated rings. The summed E-state index contributed by atoms with van der Waals surface area (Å²) in [7, 11) is 0. The maximum absolute atomic E-state index is 4.37. The third-order valence-corrected chi connectivity index (χ3v) is 2.89. The minimum atomic E-state index is 0.685. The average molecular weight is 343 g/mol. The van der Waals surface area contributed by atoms with Crippen LogP contribution in [0, 0.1) is 0 Å². The number of halogens is 2. The third kappa shape index (κ3) is 1.56. The van der Waals surface area contributed by atoms with Gasteiger partial charge in [-0.25, -0.2) is 14.6 Å². The van der Waals surface area contributed by atoms with Crippen LogP contribution in [0.25, 0.3) is 11.5 Å². The molecule has 0 aromatic carbocycles. The average Bonchev–Trinajstić information content (AvgIpc) is 2.84. The second-order valence-corrected chi connectivity index (χ2v) is 4.88. The Labute approximate surface area is 107 Å². The van der Waals surface area contributed by atoms with E-state index in [1.54, 1.807) is 17.1 Å². The Morgan fingerprint density at radius 2 is 2.06 bits per heavy atom. The van der Waals surface area contributed by atoms with Crippen molar-refractivity contribution in [2.45, 2.75) is 0 Å². The van der Waals surface area contributed by atoms with Gasteiger partial charge in [0.2, 0.25) is 0 Å². The van der Waals surface area contributed by atoms with Crippen molar-refractivity contribution in [3.05, 3.63) is 40.1 Å². The van der Waals surface area contributed by atoms with E-state index in [-0.39, 0.29) is 0 Å². The van der Waals surface area contributed by atoms with Crippen molar-refractivity contribution < 1.29 is 0 Å². The summed E-state index contributed by atoms with van der Waals surface area (Å²) in [5.74, 6) is 0.685. The summed E-state index contributed by atoms with van der Waals surface area (Å²) >= 11 is 6.71. The van der Waals surface area contributed by atoms with Crippen LogP contribution in [0.2, 0.25) is 0 Å². The largest absolute Gasteiger partial charge is 0.301 e. The summed E-state index contributed by atoms with van der Waals surface area (Å²) in [5, 5.41) is 4.19. The minimum Gasteiger partial charge on any atom is -0.301 e. The maximum atomic E-state index is 4.37. The van der Waals surface area contributed by atoms with E-state index in [9.17, 15) is 0 Å². The molecule has 5 nitrogen and oxygen atoms in total. The second kappa shape index (κ2) is 3.67. The molecule has 0 bridgehead atoms. The first kappa shape index (κ1) is 9.98. The van der Waals surface area contributed by atoms with E-state index in [0.717, 1.165) is 14.7 Å². The predicted molar refractivity (Wildman–Crippen MR) is 65.5 cm³/mol. The molecule has 7 heteroatoms. The summed E-state index contributed by atoms with van der Waals surface area (Å²) in [6, 6.07) is 0. The van der Waals surface area contributed by atoms with Crippen molar-refractivity contribution in [1.29, 1.82) is 0 Å². The Hall–Kier alpha value is -1.21. The van der Waals surface area contributed by atoms with Gasteiger partial charge in [0.1, 0.15) is 4.60 Å². The molecule has 3 heterocycles. The Kier molecular flexibility index (Phi) is 2.29. The molecule has 16 heavy (non-hydrogen) atoms. The maximum Gasteiger partial charge on any atom is 0.198 e. The summed E-state index contributed by atoms with van der Waals surface area (Å²) < 4.78 is 5.21. The molecule has 0 aliphatic rings. The van der Waals surface area contributed by atoms with Crippen LogP contribution in [-0.4, -0.2) is 24.1 Å². The van der Waals surface area contributed by atoms with E-state index in [1.807, 2.05) is 23.0 Å². The van der Waals surface area contributed by atoms with Gasteiger partial charge in [-0.1, -0.05) is 0 Å². The Morgan fingerprint density at radius 3 is 2.81 bits per heavy atom. The number of hydrogen-bond donors (Lipinski definition) is 0. The highest BCUT2D eigenvalue weighted by atomic mass is 79.9. The fourth-order valence-corrected chi connectivity index (χ4v) is 2.13. The molecule has 0 atom stereocenters. The highest BCUT2D eigenvalue weighted by Gasteiger charge is 2.09. The van der Waals surface area contributed by atoms with Crippen molar-refractivity contribution in [2.75, 3.05) is 0 Å². The van der Waals surface area contributed by atoms with Gasteiger partial charge >= 0.3 is 0 Å². The van der Waals surface area contributed by atoms with Gasteiger partial charge in [0.15, 0.2) is 11.5 Å². The molecule has 0 saturated heterocycles. The molecule has 0 unspecified atom stereocenters. The molecule has 0 aliphatic heterocycles. The van der Waals surface area contributed by atoms with Gasteiger partial charge in [0.05, 0.1) is 10.7 Å². The number of imidazole rings is 1. The van der Waals surface area contributed by atoms with Crippen LogP contribution in [0.15, 0.2) is 40.1 Å². The lowest BCUT2D eigenvalue weighted by Gasteiger charge is -2.03. The number of rotatable bonds is 1. The molecule has 0 N–H and O–H groups in total. The van der Waals surface area contributed by atoms with Crippen LogP contribution in [-0.2, 0) is 0 Å². The first-order valence-electron chi connectivity index (χ1n) is 4.44. The Balaban J connectivity index is 2.33. The van der Waals surface area contributed by atoms with Crippen molar-refractivity contribution in [1.82, 2.24) is 24.1 Å². The topological polar surface area (TPSA) is 48.0 Å². The number of aromatic nitrogens is 5. The molecule has 3 aromatic rings. The van der Waals surface area contributed by atoms with E-state index in [2.05, 4.69) is 46.9 Å². The summed E-state index contributed by atoms with van der Waals surface area (Å²) in [6.45, 7) is 0. The first-order chi connectivity index (χ1) is 7.74. The van der Waals surface area contributed by atoms with E-state index in [0.29, 0.717) is 5.82 Å². The molecular formula is C9H5Br2N5. The quantitative estimate of drug-likeness (QED) is 0.682. The molecule has 0 radical (unpaired) electrons. The lowest BCUT2D eigenvalue weighted by molar-refractivity contribution is 0.837. The first-order valence-corrected chi connectivity index (χ1v) is 6.02. The van der Waals surface area contributed by atoms with Gasteiger partial charge in [0, 0.05) is 24.8 Å². The minimum absolute atomic E-state index is 0.685. The standard InChI is InChI=1S/C9H5Br2N5/c10-6-3-13-16(4-6)9-8-12-1-2-15(8)5-7(11)14-9/h1-5H. The van der Waals surface area contributed by atoms with Gasteiger partial charge in [-0.05, 0) is 31.9 Å². The van der Waals surface area contributed by atoms with Crippen molar-refractivity contribution in [3.8, 4) is 5.82 Å². The van der Waals surface area contributed by atoms with Gasteiger partial charge in [0.25, 0.3) is 0 Å². The van der Waals surface area contributed by atoms with Crippen LogP contribution in [0.1, 0.15) is 0 Å². The van der Waals surface area contributed by atoms with E-state index in [1.165, 1.54) is 0 Å². The second-order valence-electron chi connectivity index (χ2n) is 3.15. The monoisotopic (exact) mass is 341 g/mol. The number of hydrogen-bond acceptors (Lipinski definition) is 3. The Morgan fingerprint density at radius 1 is 1.19 bits per heavy atom. The van der Waals surface area contributed by atoms with Gasteiger partial charge in [-0.2, -0.15) is 5.10 Å². The zero-order chi connectivity index (χ0) is 11.1. The van der Waals surface area contributed by atoms with E-state index in [4.69, 9.17) is 0 Å². The lowest BCUT2D eigenvalue weighted by atomic mass is 10.6. The van der Waals surface area contributed by atoms with Crippen molar-refractivity contribution in [2.24, 2.45) is 0 Å². The molecule has 0 spiro atoms. The van der Waals surface area contributed by atoms with E-state index < -0.39 is 0 Å². The molecular weight excluding hydrogens is 338 g/mol. The highest BCUT2D eigenvalue weighted by Crippen LogP contribution is 2.17. The predicted octanol–water partition coefficient (Wildman–Crippen LogP) is 2.44. The Bertz CT molecular complexity index is 657. The summed E-state index contributed by atoms with van der Waals surface area (Å²) in [6.07, 6.45) is 8.99. The van der Waals surface area contributed by atoms with Gasteiger partial charge in [-0.3, -0.25) is 0 Å². The van der Waals surface area contributed by atoms with Gasteiger partial charge < -0.3 is 4.40 Å². The van der Waals surface area contributed by atoms with E-state index >= 15 is 0 Å². The summed E-state index contributed by atoms with van der Waals surface area (Å²) in [5.41, 5.74) is 0.763. The molecule has 0 saturated carbocycles. The van der Waals surface area contributed by atoms with Crippen LogP contribution in [0.4, 0.5) is 0 Å². The van der Waals surface area contributed by atoms with Gasteiger partial charge in [-0.15, -0.1) is 0 Å². The zero-order valence-electron chi connectivity index (χ0n) is 7.88. The fraction of sp³-hybridized carbons (Fsp3) is 0.